The summed E-state index contributed by atoms with van der Waals surface area (Å²) < 4.78 is 10.9. The van der Waals surface area contributed by atoms with Gasteiger partial charge in [-0.2, -0.15) is 0 Å². The van der Waals surface area contributed by atoms with Gasteiger partial charge in [-0.1, -0.05) is 18.2 Å². The van der Waals surface area contributed by atoms with Gasteiger partial charge in [0.2, 0.25) is 0 Å². The highest BCUT2D eigenvalue weighted by Crippen LogP contribution is 2.37. The number of aliphatic imine (C=N–C) groups is 1. The Hall–Kier alpha value is -1.75. The minimum absolute atomic E-state index is 0.283. The van der Waals surface area contributed by atoms with Crippen LogP contribution in [0, 0.1) is 0 Å². The molecular weight excluding hydrogens is 254 g/mol. The number of hydrogen-bond acceptors (Lipinski definition) is 5. The summed E-state index contributed by atoms with van der Waals surface area (Å²) in [4.78, 5) is 6.50. The van der Waals surface area contributed by atoms with Crippen LogP contribution in [0.5, 0.6) is 5.75 Å². The Morgan fingerprint density at radius 1 is 1.40 bits per heavy atom. The lowest BCUT2D eigenvalue weighted by molar-refractivity contribution is 0.135. The standard InChI is InChI=1S/C15H23N3O2/c1-4-20-13-8-6-5-7-12(13)15(2)11-17-14(16)18(15)9-10-19-3/h5-8H,4,9-11H2,1-3H3,(H2,16,17). The van der Waals surface area contributed by atoms with Crippen molar-refractivity contribution in [1.82, 2.24) is 4.90 Å². The Balaban J connectivity index is 2.34. The molecule has 0 spiro atoms. The van der Waals surface area contributed by atoms with Crippen molar-refractivity contribution in [3.63, 3.8) is 0 Å². The van der Waals surface area contributed by atoms with E-state index in [1.165, 1.54) is 0 Å². The van der Waals surface area contributed by atoms with E-state index < -0.39 is 0 Å². The third-order valence-electron chi connectivity index (χ3n) is 3.71. The smallest absolute Gasteiger partial charge is 0.192 e. The normalized spacial score (nSPS) is 21.9. The van der Waals surface area contributed by atoms with Crippen LogP contribution in [-0.4, -0.2) is 44.3 Å². The van der Waals surface area contributed by atoms with Crippen molar-refractivity contribution in [2.45, 2.75) is 19.4 Å². The molecule has 0 aromatic heterocycles. The second-order valence-electron chi connectivity index (χ2n) is 5.02. The van der Waals surface area contributed by atoms with Crippen LogP contribution in [0.4, 0.5) is 0 Å². The summed E-state index contributed by atoms with van der Waals surface area (Å²) in [5.41, 5.74) is 6.87. The summed E-state index contributed by atoms with van der Waals surface area (Å²) in [6.07, 6.45) is 0. The number of para-hydroxylation sites is 1. The summed E-state index contributed by atoms with van der Waals surface area (Å²) in [5, 5.41) is 0. The molecule has 5 nitrogen and oxygen atoms in total. The lowest BCUT2D eigenvalue weighted by Crippen LogP contribution is -2.49. The average Bonchev–Trinajstić information content (AvgIpc) is 2.74. The molecule has 0 bridgehead atoms. The van der Waals surface area contributed by atoms with Crippen molar-refractivity contribution in [3.8, 4) is 5.75 Å². The van der Waals surface area contributed by atoms with E-state index in [0.717, 1.165) is 11.3 Å². The second-order valence-corrected chi connectivity index (χ2v) is 5.02. The molecule has 0 fully saturated rings. The number of benzene rings is 1. The molecule has 0 saturated carbocycles. The molecule has 0 radical (unpaired) electrons. The summed E-state index contributed by atoms with van der Waals surface area (Å²) in [7, 11) is 1.69. The number of guanidine groups is 1. The molecule has 1 atom stereocenters. The molecule has 1 heterocycles. The SMILES string of the molecule is CCOc1ccccc1C1(C)CN=C(N)N1CCOC. The third kappa shape index (κ3) is 2.58. The summed E-state index contributed by atoms with van der Waals surface area (Å²) in [5.74, 6) is 1.46. The van der Waals surface area contributed by atoms with Crippen LogP contribution in [0.15, 0.2) is 29.3 Å². The maximum absolute atomic E-state index is 6.04. The van der Waals surface area contributed by atoms with E-state index in [0.29, 0.717) is 32.3 Å². The molecule has 1 unspecified atom stereocenters. The fourth-order valence-corrected chi connectivity index (χ4v) is 2.63. The first kappa shape index (κ1) is 14.7. The van der Waals surface area contributed by atoms with E-state index in [9.17, 15) is 0 Å². The van der Waals surface area contributed by atoms with E-state index in [2.05, 4.69) is 22.9 Å². The van der Waals surface area contributed by atoms with Gasteiger partial charge in [-0.05, 0) is 19.9 Å². The van der Waals surface area contributed by atoms with Crippen LogP contribution < -0.4 is 10.5 Å². The average molecular weight is 277 g/mol. The zero-order valence-corrected chi connectivity index (χ0v) is 12.4. The lowest BCUT2D eigenvalue weighted by atomic mass is 9.90. The second kappa shape index (κ2) is 6.13. The van der Waals surface area contributed by atoms with Crippen LogP contribution in [-0.2, 0) is 10.3 Å². The largest absolute Gasteiger partial charge is 0.494 e. The number of rotatable bonds is 6. The van der Waals surface area contributed by atoms with Crippen molar-refractivity contribution in [3.05, 3.63) is 29.8 Å². The molecule has 1 aromatic carbocycles. The van der Waals surface area contributed by atoms with Gasteiger partial charge in [0.25, 0.3) is 0 Å². The van der Waals surface area contributed by atoms with E-state index in [-0.39, 0.29) is 5.54 Å². The third-order valence-corrected chi connectivity index (χ3v) is 3.71. The topological polar surface area (TPSA) is 60.1 Å². The highest BCUT2D eigenvalue weighted by Gasteiger charge is 2.41. The fourth-order valence-electron chi connectivity index (χ4n) is 2.63. The van der Waals surface area contributed by atoms with Crippen LogP contribution in [0.25, 0.3) is 0 Å². The fraction of sp³-hybridized carbons (Fsp3) is 0.533. The molecule has 1 aromatic rings. The summed E-state index contributed by atoms with van der Waals surface area (Å²) in [6.45, 7) is 6.73. The van der Waals surface area contributed by atoms with E-state index >= 15 is 0 Å². The van der Waals surface area contributed by atoms with Gasteiger partial charge in [0.1, 0.15) is 5.75 Å². The highest BCUT2D eigenvalue weighted by atomic mass is 16.5. The van der Waals surface area contributed by atoms with E-state index in [4.69, 9.17) is 15.2 Å². The van der Waals surface area contributed by atoms with Crippen molar-refractivity contribution >= 4 is 5.96 Å². The molecule has 2 N–H and O–H groups in total. The lowest BCUT2D eigenvalue weighted by Gasteiger charge is -2.37. The van der Waals surface area contributed by atoms with E-state index in [1.807, 2.05) is 25.1 Å². The molecule has 5 heteroatoms. The molecule has 1 aliphatic heterocycles. The Bertz CT molecular complexity index is 490. The number of nitrogens with zero attached hydrogens (tertiary/aromatic N) is 2. The number of nitrogens with two attached hydrogens (primary N) is 1. The quantitative estimate of drug-likeness (QED) is 0.857. The van der Waals surface area contributed by atoms with Crippen LogP contribution >= 0.6 is 0 Å². The van der Waals surface area contributed by atoms with Crippen molar-refractivity contribution < 1.29 is 9.47 Å². The predicted molar refractivity (Wildman–Crippen MR) is 80.0 cm³/mol. The Morgan fingerprint density at radius 2 is 2.15 bits per heavy atom. The maximum atomic E-state index is 6.04. The van der Waals surface area contributed by atoms with Crippen LogP contribution in [0.3, 0.4) is 0 Å². The van der Waals surface area contributed by atoms with Crippen molar-refractivity contribution in [2.75, 3.05) is 33.4 Å². The molecule has 110 valence electrons. The Kier molecular flexibility index (Phi) is 4.49. The maximum Gasteiger partial charge on any atom is 0.192 e. The number of methoxy groups -OCH3 is 1. The summed E-state index contributed by atoms with van der Waals surface area (Å²) >= 11 is 0. The molecule has 2 rings (SSSR count). The first-order valence-electron chi connectivity index (χ1n) is 6.92. The minimum Gasteiger partial charge on any atom is -0.494 e. The van der Waals surface area contributed by atoms with Gasteiger partial charge in [-0.15, -0.1) is 0 Å². The predicted octanol–water partition coefficient (Wildman–Crippen LogP) is 1.58. The van der Waals surface area contributed by atoms with Crippen LogP contribution in [0.1, 0.15) is 19.4 Å². The first-order chi connectivity index (χ1) is 9.63. The van der Waals surface area contributed by atoms with Crippen LogP contribution in [0.2, 0.25) is 0 Å². The molecular formula is C15H23N3O2. The van der Waals surface area contributed by atoms with Gasteiger partial charge in [0.15, 0.2) is 5.96 Å². The monoisotopic (exact) mass is 277 g/mol. The molecule has 0 aliphatic carbocycles. The molecule has 20 heavy (non-hydrogen) atoms. The molecule has 1 aliphatic rings. The number of ether oxygens (including phenoxy) is 2. The van der Waals surface area contributed by atoms with Gasteiger partial charge in [0.05, 0.1) is 25.3 Å². The zero-order valence-electron chi connectivity index (χ0n) is 12.4. The highest BCUT2D eigenvalue weighted by molar-refractivity contribution is 5.81. The van der Waals surface area contributed by atoms with Crippen molar-refractivity contribution in [2.24, 2.45) is 10.7 Å². The van der Waals surface area contributed by atoms with Gasteiger partial charge in [-0.25, -0.2) is 0 Å². The Morgan fingerprint density at radius 3 is 2.85 bits per heavy atom. The first-order valence-corrected chi connectivity index (χ1v) is 6.92. The van der Waals surface area contributed by atoms with Gasteiger partial charge in [0, 0.05) is 19.2 Å². The molecule has 0 saturated heterocycles. The van der Waals surface area contributed by atoms with Crippen molar-refractivity contribution in [1.29, 1.82) is 0 Å². The van der Waals surface area contributed by atoms with Gasteiger partial charge in [-0.3, -0.25) is 4.99 Å². The van der Waals surface area contributed by atoms with E-state index in [1.54, 1.807) is 7.11 Å². The summed E-state index contributed by atoms with van der Waals surface area (Å²) in [6, 6.07) is 8.08. The minimum atomic E-state index is -0.283. The van der Waals surface area contributed by atoms with Gasteiger partial charge < -0.3 is 20.1 Å². The molecule has 0 amide bonds. The number of hydrogen-bond donors (Lipinski definition) is 1. The Labute approximate surface area is 120 Å². The zero-order chi connectivity index (χ0) is 14.6. The van der Waals surface area contributed by atoms with Gasteiger partial charge >= 0.3 is 0 Å².